The Kier molecular flexibility index (Phi) is 6.53. The van der Waals surface area contributed by atoms with Crippen molar-refractivity contribution in [1.29, 1.82) is 0 Å². The van der Waals surface area contributed by atoms with Crippen LogP contribution in [0.5, 0.6) is 0 Å². The Morgan fingerprint density at radius 1 is 1.00 bits per heavy atom. The second-order valence-corrected chi connectivity index (χ2v) is 6.46. The highest BCUT2D eigenvalue weighted by Crippen LogP contribution is 2.21. The zero-order valence-electron chi connectivity index (χ0n) is 14.6. The number of benzene rings is 2. The Bertz CT molecular complexity index is 628. The number of hydrogen-bond donors (Lipinski definition) is 2. The molecule has 4 nitrogen and oxygen atoms in total. The SMILES string of the molecule is CC(C(=O)NC(CN(C)C)c1ccccc1)C(N)c1ccccc1. The predicted molar refractivity (Wildman–Crippen MR) is 98.4 cm³/mol. The molecular formula is C20H27N3O. The van der Waals surface area contributed by atoms with E-state index in [1.807, 2.05) is 81.7 Å². The molecule has 0 fully saturated rings. The Hall–Kier alpha value is -2.17. The summed E-state index contributed by atoms with van der Waals surface area (Å²) in [6.45, 7) is 2.62. The molecular weight excluding hydrogens is 298 g/mol. The van der Waals surface area contributed by atoms with Gasteiger partial charge >= 0.3 is 0 Å². The first-order valence-electron chi connectivity index (χ1n) is 8.29. The molecule has 0 saturated carbocycles. The van der Waals surface area contributed by atoms with Gasteiger partial charge in [-0.15, -0.1) is 0 Å². The minimum absolute atomic E-state index is 0.0259. The van der Waals surface area contributed by atoms with Crippen molar-refractivity contribution < 1.29 is 4.79 Å². The molecule has 0 radical (unpaired) electrons. The molecule has 3 atom stereocenters. The number of likely N-dealkylation sites (N-methyl/N-ethyl adjacent to an activating group) is 1. The quantitative estimate of drug-likeness (QED) is 0.823. The van der Waals surface area contributed by atoms with Crippen molar-refractivity contribution in [3.8, 4) is 0 Å². The summed E-state index contributed by atoms with van der Waals surface area (Å²) in [6, 6.07) is 19.4. The van der Waals surface area contributed by atoms with Crippen molar-refractivity contribution in [2.24, 2.45) is 11.7 Å². The van der Waals surface area contributed by atoms with Crippen molar-refractivity contribution in [1.82, 2.24) is 10.2 Å². The molecule has 0 aliphatic heterocycles. The van der Waals surface area contributed by atoms with Crippen LogP contribution in [0.2, 0.25) is 0 Å². The standard InChI is InChI=1S/C20H27N3O/c1-15(19(21)17-12-8-5-9-13-17)20(24)22-18(14-23(2)3)16-10-6-4-7-11-16/h4-13,15,18-19H,14,21H2,1-3H3,(H,22,24). The van der Waals surface area contributed by atoms with Gasteiger partial charge in [-0.2, -0.15) is 0 Å². The van der Waals surface area contributed by atoms with Gasteiger partial charge in [0.25, 0.3) is 0 Å². The molecule has 3 N–H and O–H groups in total. The Balaban J connectivity index is 2.09. The van der Waals surface area contributed by atoms with Crippen molar-refractivity contribution in [3.05, 3.63) is 71.8 Å². The number of amides is 1. The van der Waals surface area contributed by atoms with Crippen LogP contribution in [0.25, 0.3) is 0 Å². The number of carbonyl (C=O) groups is 1. The molecule has 128 valence electrons. The minimum atomic E-state index is -0.318. The average Bonchev–Trinajstić information content (AvgIpc) is 2.61. The fraction of sp³-hybridized carbons (Fsp3) is 0.350. The Morgan fingerprint density at radius 3 is 2.00 bits per heavy atom. The summed E-state index contributed by atoms with van der Waals surface area (Å²) in [5, 5.41) is 3.15. The third-order valence-electron chi connectivity index (χ3n) is 4.20. The van der Waals surface area contributed by atoms with Crippen LogP contribution in [-0.4, -0.2) is 31.4 Å². The normalized spacial score (nSPS) is 14.9. The monoisotopic (exact) mass is 325 g/mol. The molecule has 4 heteroatoms. The summed E-state index contributed by atoms with van der Waals surface area (Å²) in [4.78, 5) is 14.8. The van der Waals surface area contributed by atoms with E-state index >= 15 is 0 Å². The first-order valence-corrected chi connectivity index (χ1v) is 8.29. The molecule has 0 aromatic heterocycles. The van der Waals surface area contributed by atoms with Crippen LogP contribution in [0.4, 0.5) is 0 Å². The highest BCUT2D eigenvalue weighted by molar-refractivity contribution is 5.79. The highest BCUT2D eigenvalue weighted by Gasteiger charge is 2.25. The van der Waals surface area contributed by atoms with Crippen LogP contribution in [-0.2, 0) is 4.79 Å². The number of nitrogens with zero attached hydrogens (tertiary/aromatic N) is 1. The van der Waals surface area contributed by atoms with Crippen LogP contribution in [0.15, 0.2) is 60.7 Å². The predicted octanol–water partition coefficient (Wildman–Crippen LogP) is 2.74. The number of carbonyl (C=O) groups excluding carboxylic acids is 1. The molecule has 2 aromatic carbocycles. The van der Waals surface area contributed by atoms with Crippen LogP contribution < -0.4 is 11.1 Å². The van der Waals surface area contributed by atoms with Crippen LogP contribution in [0.1, 0.15) is 30.1 Å². The van der Waals surface area contributed by atoms with Gasteiger partial charge in [0, 0.05) is 12.6 Å². The number of nitrogens with two attached hydrogens (primary N) is 1. The molecule has 0 aliphatic rings. The van der Waals surface area contributed by atoms with E-state index < -0.39 is 0 Å². The molecule has 0 bridgehead atoms. The van der Waals surface area contributed by atoms with Gasteiger partial charge in [0.1, 0.15) is 0 Å². The van der Waals surface area contributed by atoms with Gasteiger partial charge in [0.05, 0.1) is 12.0 Å². The summed E-state index contributed by atoms with van der Waals surface area (Å²) in [6.07, 6.45) is 0. The number of rotatable bonds is 7. The maximum atomic E-state index is 12.7. The summed E-state index contributed by atoms with van der Waals surface area (Å²) < 4.78 is 0. The number of nitrogens with one attached hydrogen (secondary N) is 1. The van der Waals surface area contributed by atoms with E-state index in [9.17, 15) is 4.79 Å². The van der Waals surface area contributed by atoms with E-state index in [2.05, 4.69) is 10.2 Å². The average molecular weight is 325 g/mol. The minimum Gasteiger partial charge on any atom is -0.348 e. The molecule has 1 amide bonds. The summed E-state index contributed by atoms with van der Waals surface area (Å²) >= 11 is 0. The molecule has 2 aromatic rings. The van der Waals surface area contributed by atoms with Gasteiger partial charge < -0.3 is 16.0 Å². The van der Waals surface area contributed by atoms with Crippen molar-refractivity contribution >= 4 is 5.91 Å². The maximum Gasteiger partial charge on any atom is 0.225 e. The second kappa shape index (κ2) is 8.62. The molecule has 0 spiro atoms. The van der Waals surface area contributed by atoms with Gasteiger partial charge in [-0.25, -0.2) is 0 Å². The van der Waals surface area contributed by atoms with E-state index in [0.29, 0.717) is 0 Å². The number of hydrogen-bond acceptors (Lipinski definition) is 3. The smallest absolute Gasteiger partial charge is 0.225 e. The third-order valence-corrected chi connectivity index (χ3v) is 4.20. The van der Waals surface area contributed by atoms with Gasteiger partial charge in [-0.3, -0.25) is 4.79 Å². The zero-order chi connectivity index (χ0) is 17.5. The summed E-state index contributed by atoms with van der Waals surface area (Å²) in [7, 11) is 4.00. The Morgan fingerprint density at radius 2 is 1.50 bits per heavy atom. The summed E-state index contributed by atoms with van der Waals surface area (Å²) in [5.41, 5.74) is 8.36. The van der Waals surface area contributed by atoms with Crippen molar-refractivity contribution in [2.75, 3.05) is 20.6 Å². The van der Waals surface area contributed by atoms with Gasteiger partial charge in [0.15, 0.2) is 0 Å². The van der Waals surface area contributed by atoms with E-state index in [4.69, 9.17) is 5.73 Å². The Labute approximate surface area is 144 Å². The van der Waals surface area contributed by atoms with Crippen LogP contribution >= 0.6 is 0 Å². The molecule has 0 aliphatic carbocycles. The molecule has 0 heterocycles. The van der Waals surface area contributed by atoms with Gasteiger partial charge in [-0.05, 0) is 25.2 Å². The van der Waals surface area contributed by atoms with E-state index in [-0.39, 0.29) is 23.9 Å². The lowest BCUT2D eigenvalue weighted by Gasteiger charge is -2.26. The summed E-state index contributed by atoms with van der Waals surface area (Å²) in [5.74, 6) is -0.331. The second-order valence-electron chi connectivity index (χ2n) is 6.46. The van der Waals surface area contributed by atoms with Crippen LogP contribution in [0.3, 0.4) is 0 Å². The fourth-order valence-electron chi connectivity index (χ4n) is 2.72. The highest BCUT2D eigenvalue weighted by atomic mass is 16.2. The zero-order valence-corrected chi connectivity index (χ0v) is 14.6. The maximum absolute atomic E-state index is 12.7. The first kappa shape index (κ1) is 18.2. The van der Waals surface area contributed by atoms with E-state index in [0.717, 1.165) is 17.7 Å². The lowest BCUT2D eigenvalue weighted by Crippen LogP contribution is -2.40. The van der Waals surface area contributed by atoms with Crippen LogP contribution in [0, 0.1) is 5.92 Å². The third kappa shape index (κ3) is 4.91. The first-order chi connectivity index (χ1) is 11.5. The molecule has 0 saturated heterocycles. The topological polar surface area (TPSA) is 58.4 Å². The van der Waals surface area contributed by atoms with Crippen molar-refractivity contribution in [3.63, 3.8) is 0 Å². The van der Waals surface area contributed by atoms with E-state index in [1.54, 1.807) is 0 Å². The van der Waals surface area contributed by atoms with E-state index in [1.165, 1.54) is 0 Å². The lowest BCUT2D eigenvalue weighted by molar-refractivity contribution is -0.126. The largest absolute Gasteiger partial charge is 0.348 e. The fourth-order valence-corrected chi connectivity index (χ4v) is 2.72. The van der Waals surface area contributed by atoms with Gasteiger partial charge in [0.2, 0.25) is 5.91 Å². The molecule has 24 heavy (non-hydrogen) atoms. The molecule has 3 unspecified atom stereocenters. The molecule has 2 rings (SSSR count). The van der Waals surface area contributed by atoms with Crippen molar-refractivity contribution in [2.45, 2.75) is 19.0 Å². The lowest BCUT2D eigenvalue weighted by atomic mass is 9.94. The van der Waals surface area contributed by atoms with Gasteiger partial charge in [-0.1, -0.05) is 67.6 Å².